The number of benzene rings is 2. The molecule has 0 saturated carbocycles. The quantitative estimate of drug-likeness (QED) is 0.403. The molecule has 0 aliphatic heterocycles. The second kappa shape index (κ2) is 8.86. The molecule has 1 aromatic heterocycles. The van der Waals surface area contributed by atoms with Gasteiger partial charge in [0.2, 0.25) is 0 Å². The second-order valence-electron chi connectivity index (χ2n) is 6.54. The fourth-order valence-corrected chi connectivity index (χ4v) is 4.51. The predicted octanol–water partition coefficient (Wildman–Crippen LogP) is 2.33. The molecule has 9 nitrogen and oxygen atoms in total. The maximum absolute atomic E-state index is 12.5. The molecule has 11 heteroatoms. The van der Waals surface area contributed by atoms with E-state index in [2.05, 4.69) is 4.99 Å². The van der Waals surface area contributed by atoms with Crippen molar-refractivity contribution in [3.63, 3.8) is 0 Å². The summed E-state index contributed by atoms with van der Waals surface area (Å²) in [7, 11) is -1.76. The number of methoxy groups -OCH3 is 1. The smallest absolute Gasteiger partial charge is 0.271 e. The van der Waals surface area contributed by atoms with Crippen molar-refractivity contribution in [1.82, 2.24) is 4.57 Å². The Morgan fingerprint density at radius 3 is 2.53 bits per heavy atom. The van der Waals surface area contributed by atoms with Gasteiger partial charge >= 0.3 is 0 Å². The molecule has 0 fully saturated rings. The van der Waals surface area contributed by atoms with Crippen molar-refractivity contribution < 1.29 is 22.9 Å². The van der Waals surface area contributed by atoms with Crippen LogP contribution in [0.3, 0.4) is 0 Å². The van der Waals surface area contributed by atoms with Crippen molar-refractivity contribution in [2.45, 2.75) is 17.9 Å². The monoisotopic (exact) mass is 449 g/mol. The standard InChI is InChI=1S/C19H19N3O6S2/c1-28-10-9-21-16-12-14(22(24)25)5-8-17(16)29-19(21)20-18(23)11-13-3-6-15(7-4-13)30(2,26)27/h3-8,12H,9-11H2,1-2H3. The first-order valence-corrected chi connectivity index (χ1v) is 11.5. The molecule has 0 spiro atoms. The highest BCUT2D eigenvalue weighted by Crippen LogP contribution is 2.23. The lowest BCUT2D eigenvalue weighted by Gasteiger charge is -2.04. The zero-order valence-corrected chi connectivity index (χ0v) is 17.9. The Labute approximate surface area is 176 Å². The van der Waals surface area contributed by atoms with Gasteiger partial charge in [0.1, 0.15) is 0 Å². The second-order valence-corrected chi connectivity index (χ2v) is 9.56. The van der Waals surface area contributed by atoms with Crippen molar-refractivity contribution in [3.8, 4) is 0 Å². The predicted molar refractivity (Wildman–Crippen MR) is 112 cm³/mol. The number of thiazole rings is 1. The van der Waals surface area contributed by atoms with Gasteiger partial charge < -0.3 is 9.30 Å². The number of amides is 1. The molecule has 0 radical (unpaired) electrons. The highest BCUT2D eigenvalue weighted by Gasteiger charge is 2.13. The molecule has 0 unspecified atom stereocenters. The largest absolute Gasteiger partial charge is 0.383 e. The highest BCUT2D eigenvalue weighted by atomic mass is 32.2. The van der Waals surface area contributed by atoms with E-state index < -0.39 is 20.7 Å². The van der Waals surface area contributed by atoms with Crippen LogP contribution < -0.4 is 4.80 Å². The van der Waals surface area contributed by atoms with Crippen molar-refractivity contribution in [2.75, 3.05) is 20.0 Å². The third kappa shape index (κ3) is 4.99. The normalized spacial score (nSPS) is 12.4. The van der Waals surface area contributed by atoms with Gasteiger partial charge in [0.25, 0.3) is 11.6 Å². The van der Waals surface area contributed by atoms with Crippen molar-refractivity contribution >= 4 is 43.0 Å². The number of aromatic nitrogens is 1. The number of carbonyl (C=O) groups excluding carboxylic acids is 1. The van der Waals surface area contributed by atoms with Crippen LogP contribution in [-0.4, -0.2) is 43.8 Å². The highest BCUT2D eigenvalue weighted by molar-refractivity contribution is 7.90. The number of sulfone groups is 1. The number of carbonyl (C=O) groups is 1. The van der Waals surface area contributed by atoms with Crippen LogP contribution in [0.1, 0.15) is 5.56 Å². The molecular weight excluding hydrogens is 430 g/mol. The van der Waals surface area contributed by atoms with Crippen LogP contribution in [0.25, 0.3) is 10.2 Å². The van der Waals surface area contributed by atoms with Crippen LogP contribution in [0.2, 0.25) is 0 Å². The summed E-state index contributed by atoms with van der Waals surface area (Å²) in [5.74, 6) is -0.408. The minimum absolute atomic E-state index is 0.00269. The summed E-state index contributed by atoms with van der Waals surface area (Å²) >= 11 is 1.26. The summed E-state index contributed by atoms with van der Waals surface area (Å²) in [5.41, 5.74) is 1.20. The molecule has 3 aromatic rings. The number of non-ortho nitro benzene ring substituents is 1. The van der Waals surface area contributed by atoms with Gasteiger partial charge in [0.15, 0.2) is 14.6 Å². The number of hydrogen-bond donors (Lipinski definition) is 0. The minimum Gasteiger partial charge on any atom is -0.383 e. The number of nitrogens with zero attached hydrogens (tertiary/aromatic N) is 3. The number of nitro benzene ring substituents is 1. The zero-order chi connectivity index (χ0) is 21.9. The average molecular weight is 450 g/mol. The van der Waals surface area contributed by atoms with E-state index in [0.717, 1.165) is 11.0 Å². The molecule has 2 aromatic carbocycles. The molecule has 30 heavy (non-hydrogen) atoms. The number of ether oxygens (including phenoxy) is 1. The minimum atomic E-state index is -3.31. The molecule has 1 heterocycles. The Bertz CT molecular complexity index is 1270. The van der Waals surface area contributed by atoms with Crippen LogP contribution in [-0.2, 0) is 32.3 Å². The first-order valence-electron chi connectivity index (χ1n) is 8.82. The Morgan fingerprint density at radius 1 is 1.23 bits per heavy atom. The van der Waals surface area contributed by atoms with E-state index in [1.165, 1.54) is 35.6 Å². The van der Waals surface area contributed by atoms with Crippen LogP contribution in [0.5, 0.6) is 0 Å². The van der Waals surface area contributed by atoms with Gasteiger partial charge in [-0.2, -0.15) is 4.99 Å². The summed E-state index contributed by atoms with van der Waals surface area (Å²) in [6, 6.07) is 10.6. The van der Waals surface area contributed by atoms with Crippen LogP contribution >= 0.6 is 11.3 Å². The Balaban J connectivity index is 1.95. The number of nitro groups is 1. The molecular formula is C19H19N3O6S2. The lowest BCUT2D eigenvalue weighted by atomic mass is 10.1. The van der Waals surface area contributed by atoms with Crippen LogP contribution in [0.15, 0.2) is 52.4 Å². The van der Waals surface area contributed by atoms with Gasteiger partial charge in [0, 0.05) is 32.0 Å². The molecule has 1 amide bonds. The van der Waals surface area contributed by atoms with E-state index in [-0.39, 0.29) is 17.0 Å². The molecule has 3 rings (SSSR count). The number of fused-ring (bicyclic) bond motifs is 1. The summed E-state index contributed by atoms with van der Waals surface area (Å²) in [4.78, 5) is 27.9. The topological polar surface area (TPSA) is 121 Å². The number of hydrogen-bond acceptors (Lipinski definition) is 7. The van der Waals surface area contributed by atoms with Crippen molar-refractivity contribution in [1.29, 1.82) is 0 Å². The Kier molecular flexibility index (Phi) is 6.44. The molecule has 0 N–H and O–H groups in total. The van der Waals surface area contributed by atoms with Gasteiger partial charge in [0.05, 0.1) is 33.1 Å². The lowest BCUT2D eigenvalue weighted by molar-refractivity contribution is -0.384. The first kappa shape index (κ1) is 21.8. The van der Waals surface area contributed by atoms with E-state index in [1.54, 1.807) is 29.9 Å². The third-order valence-corrected chi connectivity index (χ3v) is 6.51. The SMILES string of the molecule is COCCn1c(=NC(=O)Cc2ccc(S(C)(=O)=O)cc2)sc2ccc([N+](=O)[O-])cc21. The van der Waals surface area contributed by atoms with E-state index in [0.29, 0.717) is 29.0 Å². The Hall–Kier alpha value is -2.89. The molecule has 0 aliphatic carbocycles. The summed E-state index contributed by atoms with van der Waals surface area (Å²) < 4.78 is 30.7. The molecule has 158 valence electrons. The Morgan fingerprint density at radius 2 is 1.93 bits per heavy atom. The van der Waals surface area contributed by atoms with E-state index >= 15 is 0 Å². The zero-order valence-electron chi connectivity index (χ0n) is 16.3. The first-order chi connectivity index (χ1) is 14.2. The number of rotatable bonds is 7. The van der Waals surface area contributed by atoms with Gasteiger partial charge in [-0.25, -0.2) is 8.42 Å². The molecule has 0 saturated heterocycles. The maximum atomic E-state index is 12.5. The fraction of sp³-hybridized carbons (Fsp3) is 0.263. The van der Waals surface area contributed by atoms with Gasteiger partial charge in [-0.05, 0) is 23.8 Å². The van der Waals surface area contributed by atoms with E-state index in [9.17, 15) is 23.3 Å². The lowest BCUT2D eigenvalue weighted by Crippen LogP contribution is -2.19. The molecule has 0 atom stereocenters. The van der Waals surface area contributed by atoms with E-state index in [1.807, 2.05) is 0 Å². The third-order valence-electron chi connectivity index (χ3n) is 4.32. The van der Waals surface area contributed by atoms with Crippen LogP contribution in [0.4, 0.5) is 5.69 Å². The summed E-state index contributed by atoms with van der Waals surface area (Å²) in [5, 5.41) is 11.1. The van der Waals surface area contributed by atoms with Crippen molar-refractivity contribution in [3.05, 3.63) is 62.9 Å². The van der Waals surface area contributed by atoms with Gasteiger partial charge in [-0.3, -0.25) is 14.9 Å². The summed E-state index contributed by atoms with van der Waals surface area (Å²) in [6.07, 6.45) is 1.12. The molecule has 0 bridgehead atoms. The maximum Gasteiger partial charge on any atom is 0.271 e. The van der Waals surface area contributed by atoms with E-state index in [4.69, 9.17) is 4.74 Å². The van der Waals surface area contributed by atoms with Gasteiger partial charge in [-0.15, -0.1) is 0 Å². The summed E-state index contributed by atoms with van der Waals surface area (Å²) in [6.45, 7) is 0.732. The fourth-order valence-electron chi connectivity index (χ4n) is 2.83. The van der Waals surface area contributed by atoms with Crippen LogP contribution in [0, 0.1) is 10.1 Å². The van der Waals surface area contributed by atoms with Crippen molar-refractivity contribution in [2.24, 2.45) is 4.99 Å². The molecule has 0 aliphatic rings. The average Bonchev–Trinajstić information content (AvgIpc) is 3.01. The van der Waals surface area contributed by atoms with Gasteiger partial charge in [-0.1, -0.05) is 23.5 Å².